The lowest BCUT2D eigenvalue weighted by Crippen LogP contribution is -2.40. The maximum absolute atomic E-state index is 13.1. The molecule has 0 radical (unpaired) electrons. The van der Waals surface area contributed by atoms with E-state index in [4.69, 9.17) is 15.2 Å². The molecule has 0 bridgehead atoms. The Bertz CT molecular complexity index is 1360. The predicted molar refractivity (Wildman–Crippen MR) is 194 cm³/mol. The maximum atomic E-state index is 13.1. The van der Waals surface area contributed by atoms with Crippen LogP contribution in [-0.2, 0) is 24.1 Å². The van der Waals surface area contributed by atoms with Gasteiger partial charge >= 0.3 is 0 Å². The fourth-order valence-corrected chi connectivity index (χ4v) is 6.94. The zero-order chi connectivity index (χ0) is 34.7. The fraction of sp³-hybridized carbons (Fsp3) is 0.486. The Kier molecular flexibility index (Phi) is 18.1. The number of carbonyl (C=O) groups excluding carboxylic acids is 1. The number of sulfone groups is 1. The molecule has 1 amide bonds. The average Bonchev–Trinajstić information content (AvgIpc) is 3.05. The zero-order valence-electron chi connectivity index (χ0n) is 28.9. The third kappa shape index (κ3) is 14.5. The lowest BCUT2D eigenvalue weighted by molar-refractivity contribution is -0.116. The Morgan fingerprint density at radius 3 is 2.43 bits per heavy atom. The van der Waals surface area contributed by atoms with Gasteiger partial charge in [-0.3, -0.25) is 15.4 Å². The van der Waals surface area contributed by atoms with E-state index in [1.807, 2.05) is 69.4 Å². The van der Waals surface area contributed by atoms with E-state index in [2.05, 4.69) is 35.2 Å². The van der Waals surface area contributed by atoms with E-state index in [0.29, 0.717) is 25.0 Å². The Hall–Kier alpha value is -3.44. The number of nitrogens with two attached hydrogens (primary N) is 1. The molecule has 0 unspecified atom stereocenters. The second-order valence-corrected chi connectivity index (χ2v) is 13.8. The van der Waals surface area contributed by atoms with Crippen molar-refractivity contribution >= 4 is 15.7 Å². The zero-order valence-corrected chi connectivity index (χ0v) is 29.7. The summed E-state index contributed by atoms with van der Waals surface area (Å²) in [5, 5.41) is 2.96. The normalized spacial score (nSPS) is 19.3. The number of rotatable bonds is 18. The van der Waals surface area contributed by atoms with Gasteiger partial charge in [-0.25, -0.2) is 8.42 Å². The van der Waals surface area contributed by atoms with E-state index < -0.39 is 9.84 Å². The van der Waals surface area contributed by atoms with Crippen LogP contribution in [0.5, 0.6) is 0 Å². The first-order chi connectivity index (χ1) is 22.6. The monoisotopic (exact) mass is 668 g/mol. The van der Waals surface area contributed by atoms with Gasteiger partial charge in [-0.15, -0.1) is 0 Å². The summed E-state index contributed by atoms with van der Waals surface area (Å²) >= 11 is 0. The number of allylic oxidation sites excluding steroid dienone is 9. The first-order valence-electron chi connectivity index (χ1n) is 16.5. The molecule has 2 aliphatic rings. The van der Waals surface area contributed by atoms with Gasteiger partial charge in [-0.05, 0) is 69.4 Å². The lowest BCUT2D eigenvalue weighted by Gasteiger charge is -2.36. The summed E-state index contributed by atoms with van der Waals surface area (Å²) in [6, 6.07) is 0.129. The molecule has 2 heterocycles. The number of carbonyl (C=O) groups is 1. The molecule has 0 aromatic heterocycles. The molecule has 2 aliphatic heterocycles. The van der Waals surface area contributed by atoms with Crippen molar-refractivity contribution < 1.29 is 22.7 Å². The lowest BCUT2D eigenvalue weighted by atomic mass is 10.1. The van der Waals surface area contributed by atoms with E-state index in [0.717, 1.165) is 67.4 Å². The van der Waals surface area contributed by atoms with Gasteiger partial charge in [0.1, 0.15) is 22.3 Å². The second kappa shape index (κ2) is 21.4. The summed E-state index contributed by atoms with van der Waals surface area (Å²) < 4.78 is 35.3. The van der Waals surface area contributed by atoms with Crippen molar-refractivity contribution in [1.29, 1.82) is 0 Å². The van der Waals surface area contributed by atoms with E-state index in [-0.39, 0.29) is 36.7 Å². The topological polar surface area (TPSA) is 114 Å². The fourth-order valence-electron chi connectivity index (χ4n) is 5.47. The van der Waals surface area contributed by atoms with Crippen LogP contribution in [0.4, 0.5) is 0 Å². The van der Waals surface area contributed by atoms with E-state index in [9.17, 15) is 13.2 Å². The maximum Gasteiger partial charge on any atom is 0.244 e. The number of amides is 1. The third-order valence-corrected chi connectivity index (χ3v) is 9.85. The molecular formula is C37H56N4O5S. The van der Waals surface area contributed by atoms with Crippen LogP contribution in [0.1, 0.15) is 47.0 Å². The van der Waals surface area contributed by atoms with Crippen molar-refractivity contribution in [2.75, 3.05) is 64.2 Å². The number of hydrogen-bond acceptors (Lipinski definition) is 8. The molecule has 2 saturated heterocycles. The molecule has 47 heavy (non-hydrogen) atoms. The highest BCUT2D eigenvalue weighted by atomic mass is 32.2. The molecule has 0 saturated carbocycles. The minimum absolute atomic E-state index is 0.0329. The largest absolute Gasteiger partial charge is 0.482 e. The molecule has 3 N–H and O–H groups in total. The van der Waals surface area contributed by atoms with Crippen molar-refractivity contribution in [2.24, 2.45) is 5.73 Å². The minimum atomic E-state index is -2.97. The summed E-state index contributed by atoms with van der Waals surface area (Å²) in [6.45, 7) is 21.0. The molecule has 9 nitrogen and oxygen atoms in total. The molecule has 0 aliphatic carbocycles. The van der Waals surface area contributed by atoms with Crippen molar-refractivity contribution in [3.8, 4) is 0 Å². The molecular weight excluding hydrogens is 612 g/mol. The van der Waals surface area contributed by atoms with Crippen LogP contribution < -0.4 is 11.1 Å². The van der Waals surface area contributed by atoms with Crippen molar-refractivity contribution in [2.45, 2.75) is 53.0 Å². The summed E-state index contributed by atoms with van der Waals surface area (Å²) in [5.74, 6) is 0.823. The SMILES string of the molecule is C=C\C(=C/C=C/C(=C/C(=C/C)N(CC)C1CCS(=O)(=O)CC1)/C=C/C(=O)NC/C(C(=C)C)=C(/C/C=C/C)OCN)CN1CCOCC1. The Morgan fingerprint density at radius 1 is 1.15 bits per heavy atom. The minimum Gasteiger partial charge on any atom is -0.482 e. The summed E-state index contributed by atoms with van der Waals surface area (Å²) in [7, 11) is -2.97. The highest BCUT2D eigenvalue weighted by Gasteiger charge is 2.27. The summed E-state index contributed by atoms with van der Waals surface area (Å²) in [5.41, 5.74) is 10.1. The van der Waals surface area contributed by atoms with Gasteiger partial charge in [-0.1, -0.05) is 55.7 Å². The Labute approximate surface area is 283 Å². The van der Waals surface area contributed by atoms with Gasteiger partial charge < -0.3 is 19.7 Å². The van der Waals surface area contributed by atoms with Crippen LogP contribution >= 0.6 is 0 Å². The highest BCUT2D eigenvalue weighted by molar-refractivity contribution is 7.91. The van der Waals surface area contributed by atoms with Crippen LogP contribution in [0, 0.1) is 0 Å². The van der Waals surface area contributed by atoms with Crippen LogP contribution in [-0.4, -0.2) is 94.3 Å². The number of morpholine rings is 1. The van der Waals surface area contributed by atoms with Crippen LogP contribution in [0.3, 0.4) is 0 Å². The molecule has 0 aromatic carbocycles. The van der Waals surface area contributed by atoms with Crippen LogP contribution in [0.2, 0.25) is 0 Å². The number of hydrogen-bond donors (Lipinski definition) is 2. The Morgan fingerprint density at radius 2 is 1.85 bits per heavy atom. The van der Waals surface area contributed by atoms with Gasteiger partial charge in [0.05, 0.1) is 24.7 Å². The average molecular weight is 669 g/mol. The summed E-state index contributed by atoms with van der Waals surface area (Å²) in [4.78, 5) is 17.7. The van der Waals surface area contributed by atoms with E-state index in [1.54, 1.807) is 6.08 Å². The smallest absolute Gasteiger partial charge is 0.244 e. The first kappa shape index (κ1) is 39.7. The molecule has 260 valence electrons. The standard InChI is InChI=1S/C37H56N4O5S/c1-7-11-15-36(46-29-38)35(30(5)6)27-39-37(42)17-16-32(14-12-13-31(8-2)28-40-20-22-45-23-21-40)26-33(9-3)41(10-4)34-18-24-47(43,44)25-19-34/h7-9,11-14,16-17,26,34H,2,5,10,15,18-25,27-29,38H2,1,3-4,6H3,(H,39,42)/b11-7+,14-12+,17-16+,31-13+,32-26-,33-9-,36-35+. The first-order valence-corrected chi connectivity index (χ1v) is 18.3. The molecule has 0 spiro atoms. The number of likely N-dealkylation sites (N-methyl/N-ethyl adjacent to an activating group) is 1. The molecule has 0 aromatic rings. The molecule has 10 heteroatoms. The highest BCUT2D eigenvalue weighted by Crippen LogP contribution is 2.24. The van der Waals surface area contributed by atoms with Gasteiger partial charge in [0, 0.05) is 62.5 Å². The van der Waals surface area contributed by atoms with Crippen molar-refractivity contribution in [3.05, 3.63) is 108 Å². The molecule has 0 atom stereocenters. The predicted octanol–water partition coefficient (Wildman–Crippen LogP) is 5.12. The second-order valence-electron chi connectivity index (χ2n) is 11.5. The summed E-state index contributed by atoms with van der Waals surface area (Å²) in [6.07, 6.45) is 20.9. The van der Waals surface area contributed by atoms with Crippen molar-refractivity contribution in [3.63, 3.8) is 0 Å². The van der Waals surface area contributed by atoms with Gasteiger partial charge in [0.2, 0.25) is 5.91 Å². The Balaban J connectivity index is 2.35. The number of nitrogens with one attached hydrogen (secondary N) is 1. The van der Waals surface area contributed by atoms with Gasteiger partial charge in [-0.2, -0.15) is 0 Å². The number of nitrogens with zero attached hydrogens (tertiary/aromatic N) is 2. The van der Waals surface area contributed by atoms with Crippen molar-refractivity contribution in [1.82, 2.24) is 15.1 Å². The number of ether oxygens (including phenoxy) is 2. The quantitative estimate of drug-likeness (QED) is 0.0681. The molecule has 2 rings (SSSR count). The van der Waals surface area contributed by atoms with Gasteiger partial charge in [0.25, 0.3) is 0 Å². The van der Waals surface area contributed by atoms with E-state index >= 15 is 0 Å². The van der Waals surface area contributed by atoms with Gasteiger partial charge in [0.15, 0.2) is 0 Å². The van der Waals surface area contributed by atoms with Crippen LogP contribution in [0.15, 0.2) is 108 Å². The van der Waals surface area contributed by atoms with Crippen LogP contribution in [0.25, 0.3) is 0 Å². The van der Waals surface area contributed by atoms with E-state index in [1.165, 1.54) is 6.08 Å². The molecule has 2 fully saturated rings. The third-order valence-electron chi connectivity index (χ3n) is 8.13.